The maximum absolute atomic E-state index is 12.2. The summed E-state index contributed by atoms with van der Waals surface area (Å²) in [5.41, 5.74) is 2.17. The number of piperidine rings is 1. The van der Waals surface area contributed by atoms with Crippen molar-refractivity contribution in [2.45, 2.75) is 52.5 Å². The van der Waals surface area contributed by atoms with Crippen molar-refractivity contribution in [1.29, 1.82) is 0 Å². The number of likely N-dealkylation sites (tertiary alicyclic amines) is 1. The molecule has 1 aliphatic rings. The van der Waals surface area contributed by atoms with Crippen LogP contribution in [0, 0.1) is 12.8 Å². The predicted octanol–water partition coefficient (Wildman–Crippen LogP) is 3.56. The number of benzene rings is 1. The van der Waals surface area contributed by atoms with Crippen LogP contribution in [-0.2, 0) is 11.3 Å². The summed E-state index contributed by atoms with van der Waals surface area (Å²) in [5, 5.41) is 7.18. The molecule has 1 N–H and O–H groups in total. The van der Waals surface area contributed by atoms with Gasteiger partial charge in [-0.2, -0.15) is 4.98 Å². The van der Waals surface area contributed by atoms with Crippen LogP contribution in [0.5, 0.6) is 0 Å². The third kappa shape index (κ3) is 5.63. The second-order valence-corrected chi connectivity index (χ2v) is 7.43. The summed E-state index contributed by atoms with van der Waals surface area (Å²) < 4.78 is 5.42. The minimum Gasteiger partial charge on any atom is -0.356 e. The second-order valence-electron chi connectivity index (χ2n) is 7.43. The normalized spacial score (nSPS) is 15.8. The highest BCUT2D eigenvalue weighted by Crippen LogP contribution is 2.21. The van der Waals surface area contributed by atoms with Crippen molar-refractivity contribution < 1.29 is 9.32 Å². The fourth-order valence-corrected chi connectivity index (χ4v) is 3.41. The Labute approximate surface area is 161 Å². The monoisotopic (exact) mass is 370 g/mol. The average molecular weight is 370 g/mol. The van der Waals surface area contributed by atoms with Crippen LogP contribution in [-0.4, -0.2) is 40.6 Å². The van der Waals surface area contributed by atoms with Crippen molar-refractivity contribution >= 4 is 5.91 Å². The molecule has 146 valence electrons. The number of amides is 1. The predicted molar refractivity (Wildman–Crippen MR) is 105 cm³/mol. The number of unbranched alkanes of at least 4 members (excludes halogenated alkanes) is 2. The molecule has 0 radical (unpaired) electrons. The van der Waals surface area contributed by atoms with Crippen molar-refractivity contribution in [2.24, 2.45) is 5.92 Å². The van der Waals surface area contributed by atoms with Crippen molar-refractivity contribution in [3.05, 3.63) is 35.7 Å². The van der Waals surface area contributed by atoms with E-state index in [4.69, 9.17) is 4.52 Å². The topological polar surface area (TPSA) is 71.3 Å². The molecule has 27 heavy (non-hydrogen) atoms. The SMILES string of the molecule is CCCCCNC(=O)C1CCN(Cc2nc(-c3ccc(C)cc3)no2)CC1. The summed E-state index contributed by atoms with van der Waals surface area (Å²) in [4.78, 5) is 19.0. The fourth-order valence-electron chi connectivity index (χ4n) is 3.41. The van der Waals surface area contributed by atoms with Crippen LogP contribution in [0.3, 0.4) is 0 Å². The average Bonchev–Trinajstić information content (AvgIpc) is 3.15. The van der Waals surface area contributed by atoms with Gasteiger partial charge in [0.2, 0.25) is 17.6 Å². The first-order valence-electron chi connectivity index (χ1n) is 10.1. The Kier molecular flexibility index (Phi) is 6.98. The zero-order valence-corrected chi connectivity index (χ0v) is 16.4. The molecule has 1 aromatic carbocycles. The first-order valence-corrected chi connectivity index (χ1v) is 10.1. The molecule has 1 aliphatic heterocycles. The molecule has 1 aromatic heterocycles. The van der Waals surface area contributed by atoms with Gasteiger partial charge in [-0.1, -0.05) is 54.8 Å². The van der Waals surface area contributed by atoms with Crippen LogP contribution < -0.4 is 5.32 Å². The van der Waals surface area contributed by atoms with Crippen LogP contribution in [0.25, 0.3) is 11.4 Å². The smallest absolute Gasteiger partial charge is 0.241 e. The summed E-state index contributed by atoms with van der Waals surface area (Å²) in [6.07, 6.45) is 5.20. The Hall–Kier alpha value is -2.21. The van der Waals surface area contributed by atoms with Gasteiger partial charge in [0.15, 0.2) is 0 Å². The summed E-state index contributed by atoms with van der Waals surface area (Å²) >= 11 is 0. The van der Waals surface area contributed by atoms with E-state index in [1.165, 1.54) is 18.4 Å². The van der Waals surface area contributed by atoms with Crippen LogP contribution in [0.15, 0.2) is 28.8 Å². The summed E-state index contributed by atoms with van der Waals surface area (Å²) in [6, 6.07) is 8.11. The quantitative estimate of drug-likeness (QED) is 0.720. The lowest BCUT2D eigenvalue weighted by Gasteiger charge is -2.30. The van der Waals surface area contributed by atoms with Crippen molar-refractivity contribution in [3.63, 3.8) is 0 Å². The number of nitrogens with zero attached hydrogens (tertiary/aromatic N) is 3. The summed E-state index contributed by atoms with van der Waals surface area (Å²) in [5.74, 6) is 1.61. The molecule has 6 nitrogen and oxygen atoms in total. The largest absolute Gasteiger partial charge is 0.356 e. The number of aryl methyl sites for hydroxylation is 1. The number of rotatable bonds is 8. The van der Waals surface area contributed by atoms with Gasteiger partial charge in [0.05, 0.1) is 6.54 Å². The van der Waals surface area contributed by atoms with E-state index in [9.17, 15) is 4.79 Å². The second kappa shape index (κ2) is 9.65. The molecular weight excluding hydrogens is 340 g/mol. The number of hydrogen-bond donors (Lipinski definition) is 1. The van der Waals surface area contributed by atoms with Gasteiger partial charge in [0.1, 0.15) is 0 Å². The Bertz CT molecular complexity index is 718. The molecular formula is C21H30N4O2. The van der Waals surface area contributed by atoms with E-state index in [1.54, 1.807) is 0 Å². The number of nitrogens with one attached hydrogen (secondary N) is 1. The lowest BCUT2D eigenvalue weighted by atomic mass is 9.96. The van der Waals surface area contributed by atoms with Gasteiger partial charge >= 0.3 is 0 Å². The van der Waals surface area contributed by atoms with Gasteiger partial charge in [-0.15, -0.1) is 0 Å². The molecule has 0 atom stereocenters. The minimum atomic E-state index is 0.133. The molecule has 3 rings (SSSR count). The Morgan fingerprint density at radius 3 is 2.67 bits per heavy atom. The van der Waals surface area contributed by atoms with Crippen LogP contribution in [0.1, 0.15) is 50.5 Å². The molecule has 0 saturated carbocycles. The van der Waals surface area contributed by atoms with Crippen molar-refractivity contribution in [3.8, 4) is 11.4 Å². The molecule has 6 heteroatoms. The van der Waals surface area contributed by atoms with Gasteiger partial charge in [-0.05, 0) is 39.3 Å². The zero-order valence-electron chi connectivity index (χ0n) is 16.4. The van der Waals surface area contributed by atoms with Gasteiger partial charge < -0.3 is 9.84 Å². The molecule has 0 unspecified atom stereocenters. The Balaban J connectivity index is 1.44. The molecule has 0 bridgehead atoms. The molecule has 1 fully saturated rings. The van der Waals surface area contributed by atoms with Crippen LogP contribution >= 0.6 is 0 Å². The number of aromatic nitrogens is 2. The van der Waals surface area contributed by atoms with E-state index in [0.717, 1.165) is 44.5 Å². The number of carbonyl (C=O) groups is 1. The zero-order chi connectivity index (χ0) is 19.1. The molecule has 2 aromatic rings. The minimum absolute atomic E-state index is 0.133. The standard InChI is InChI=1S/C21H30N4O2/c1-3-4-5-12-22-21(26)18-10-13-25(14-11-18)15-19-23-20(24-27-19)17-8-6-16(2)7-9-17/h6-9,18H,3-5,10-15H2,1-2H3,(H,22,26). The maximum atomic E-state index is 12.2. The van der Waals surface area contributed by atoms with Gasteiger partial charge in [0.25, 0.3) is 0 Å². The third-order valence-electron chi connectivity index (χ3n) is 5.17. The van der Waals surface area contributed by atoms with Gasteiger partial charge in [-0.25, -0.2) is 0 Å². The maximum Gasteiger partial charge on any atom is 0.241 e. The van der Waals surface area contributed by atoms with Crippen molar-refractivity contribution in [2.75, 3.05) is 19.6 Å². The summed E-state index contributed by atoms with van der Waals surface area (Å²) in [7, 11) is 0. The Morgan fingerprint density at radius 1 is 1.22 bits per heavy atom. The molecule has 0 aliphatic carbocycles. The van der Waals surface area contributed by atoms with Crippen LogP contribution in [0.2, 0.25) is 0 Å². The number of carbonyl (C=O) groups excluding carboxylic acids is 1. The van der Waals surface area contributed by atoms with E-state index in [1.807, 2.05) is 24.3 Å². The van der Waals surface area contributed by atoms with Crippen LogP contribution in [0.4, 0.5) is 0 Å². The molecule has 1 saturated heterocycles. The van der Waals surface area contributed by atoms with Gasteiger partial charge in [0, 0.05) is 18.0 Å². The highest BCUT2D eigenvalue weighted by Gasteiger charge is 2.25. The van der Waals surface area contributed by atoms with Gasteiger partial charge in [-0.3, -0.25) is 9.69 Å². The fraction of sp³-hybridized carbons (Fsp3) is 0.571. The van der Waals surface area contributed by atoms with E-state index in [2.05, 4.69) is 34.2 Å². The van der Waals surface area contributed by atoms with E-state index in [0.29, 0.717) is 18.3 Å². The lowest BCUT2D eigenvalue weighted by Crippen LogP contribution is -2.40. The molecule has 0 spiro atoms. The van der Waals surface area contributed by atoms with E-state index >= 15 is 0 Å². The highest BCUT2D eigenvalue weighted by molar-refractivity contribution is 5.78. The van der Waals surface area contributed by atoms with E-state index in [-0.39, 0.29) is 11.8 Å². The summed E-state index contributed by atoms with van der Waals surface area (Å²) in [6.45, 7) is 7.44. The van der Waals surface area contributed by atoms with E-state index < -0.39 is 0 Å². The third-order valence-corrected chi connectivity index (χ3v) is 5.17. The molecule has 1 amide bonds. The number of hydrogen-bond acceptors (Lipinski definition) is 5. The highest BCUT2D eigenvalue weighted by atomic mass is 16.5. The first-order chi connectivity index (χ1) is 13.2. The van der Waals surface area contributed by atoms with Crippen molar-refractivity contribution in [1.82, 2.24) is 20.4 Å². The lowest BCUT2D eigenvalue weighted by molar-refractivity contribution is -0.126. The Morgan fingerprint density at radius 2 is 1.96 bits per heavy atom. The first kappa shape index (κ1) is 19.5. The molecule has 2 heterocycles.